The summed E-state index contributed by atoms with van der Waals surface area (Å²) >= 11 is 0. The van der Waals surface area contributed by atoms with Gasteiger partial charge in [-0.25, -0.2) is 0 Å². The second-order valence-corrected chi connectivity index (χ2v) is 5.20. The first kappa shape index (κ1) is 14.7. The molecular weight excluding hydrogens is 226 g/mol. The monoisotopic (exact) mass is 249 g/mol. The fourth-order valence-electron chi connectivity index (χ4n) is 1.78. The number of nitrogens with one attached hydrogen (secondary N) is 1. The average molecular weight is 249 g/mol. The quantitative estimate of drug-likeness (QED) is 0.838. The summed E-state index contributed by atoms with van der Waals surface area (Å²) in [5, 5.41) is 12.0. The number of aliphatic hydroxyl groups excluding tert-OH is 1. The zero-order chi connectivity index (χ0) is 13.7. The maximum absolute atomic E-state index is 11.9. The van der Waals surface area contributed by atoms with Crippen LogP contribution in [0.15, 0.2) is 18.2 Å². The van der Waals surface area contributed by atoms with Crippen molar-refractivity contribution in [1.82, 2.24) is 5.32 Å². The number of carbonyl (C=O) groups is 1. The van der Waals surface area contributed by atoms with E-state index in [4.69, 9.17) is 0 Å². The summed E-state index contributed by atoms with van der Waals surface area (Å²) in [6.07, 6.45) is 0.365. The highest BCUT2D eigenvalue weighted by atomic mass is 16.3. The molecule has 1 aromatic rings. The number of benzene rings is 1. The van der Waals surface area contributed by atoms with E-state index in [1.807, 2.05) is 39.0 Å². The van der Waals surface area contributed by atoms with Gasteiger partial charge in [-0.1, -0.05) is 32.0 Å². The summed E-state index contributed by atoms with van der Waals surface area (Å²) in [6.45, 7) is 8.05. The third-order valence-electron chi connectivity index (χ3n) is 3.28. The Kier molecular flexibility index (Phi) is 5.35. The van der Waals surface area contributed by atoms with Crippen LogP contribution in [0.5, 0.6) is 0 Å². The zero-order valence-corrected chi connectivity index (χ0v) is 11.7. The molecule has 0 aromatic heterocycles. The molecule has 0 aliphatic carbocycles. The summed E-state index contributed by atoms with van der Waals surface area (Å²) in [5.41, 5.74) is 3.44. The van der Waals surface area contributed by atoms with E-state index < -0.39 is 0 Å². The fraction of sp³-hybridized carbons (Fsp3) is 0.533. The summed E-state index contributed by atoms with van der Waals surface area (Å²) < 4.78 is 0. The first-order chi connectivity index (χ1) is 8.43. The third kappa shape index (κ3) is 4.15. The normalized spacial score (nSPS) is 12.6. The highest BCUT2D eigenvalue weighted by Gasteiger charge is 2.15. The second-order valence-electron chi connectivity index (χ2n) is 5.20. The van der Waals surface area contributed by atoms with Gasteiger partial charge in [0.1, 0.15) is 0 Å². The Morgan fingerprint density at radius 2 is 1.94 bits per heavy atom. The minimum atomic E-state index is -0.163. The van der Waals surface area contributed by atoms with Crippen molar-refractivity contribution in [2.75, 3.05) is 6.61 Å². The van der Waals surface area contributed by atoms with Crippen LogP contribution in [-0.2, 0) is 11.2 Å². The molecule has 0 bridgehead atoms. The van der Waals surface area contributed by atoms with Crippen molar-refractivity contribution < 1.29 is 9.90 Å². The van der Waals surface area contributed by atoms with Crippen LogP contribution in [0.1, 0.15) is 30.5 Å². The number of rotatable bonds is 5. The topological polar surface area (TPSA) is 49.3 Å². The Morgan fingerprint density at radius 3 is 2.44 bits per heavy atom. The van der Waals surface area contributed by atoms with Crippen LogP contribution in [-0.4, -0.2) is 23.7 Å². The number of carbonyl (C=O) groups excluding carboxylic acids is 1. The van der Waals surface area contributed by atoms with Gasteiger partial charge in [-0.05, 0) is 36.5 Å². The lowest BCUT2D eigenvalue weighted by molar-refractivity contribution is -0.121. The van der Waals surface area contributed by atoms with Crippen LogP contribution in [0.3, 0.4) is 0 Å². The molecule has 1 amide bonds. The molecule has 1 atom stereocenters. The van der Waals surface area contributed by atoms with Crippen molar-refractivity contribution >= 4 is 5.91 Å². The lowest BCUT2D eigenvalue weighted by Crippen LogP contribution is -2.41. The predicted molar refractivity (Wildman–Crippen MR) is 73.5 cm³/mol. The molecule has 0 heterocycles. The molecular formula is C15H23NO2. The van der Waals surface area contributed by atoms with Crippen LogP contribution in [0.2, 0.25) is 0 Å². The molecule has 0 fully saturated rings. The minimum absolute atomic E-state index is 0.0175. The number of aliphatic hydroxyl groups is 1. The van der Waals surface area contributed by atoms with Crippen LogP contribution >= 0.6 is 0 Å². The van der Waals surface area contributed by atoms with Crippen LogP contribution in [0, 0.1) is 19.8 Å². The second kappa shape index (κ2) is 6.55. The highest BCUT2D eigenvalue weighted by Crippen LogP contribution is 2.10. The lowest BCUT2D eigenvalue weighted by atomic mass is 10.0. The average Bonchev–Trinajstić information content (AvgIpc) is 2.30. The van der Waals surface area contributed by atoms with E-state index in [1.54, 1.807) is 0 Å². The Bertz CT molecular complexity index is 413. The van der Waals surface area contributed by atoms with Crippen molar-refractivity contribution in [2.24, 2.45) is 5.92 Å². The van der Waals surface area contributed by atoms with Crippen molar-refractivity contribution in [3.63, 3.8) is 0 Å². The van der Waals surface area contributed by atoms with E-state index in [-0.39, 0.29) is 24.5 Å². The largest absolute Gasteiger partial charge is 0.394 e. The summed E-state index contributed by atoms with van der Waals surface area (Å²) in [6, 6.07) is 5.89. The maximum atomic E-state index is 11.9. The van der Waals surface area contributed by atoms with Gasteiger partial charge in [0.05, 0.1) is 19.1 Å². The number of aryl methyl sites for hydroxylation is 2. The molecule has 0 radical (unpaired) electrons. The highest BCUT2D eigenvalue weighted by molar-refractivity contribution is 5.79. The van der Waals surface area contributed by atoms with Gasteiger partial charge in [0.15, 0.2) is 0 Å². The third-order valence-corrected chi connectivity index (χ3v) is 3.28. The first-order valence-electron chi connectivity index (χ1n) is 6.40. The molecule has 0 unspecified atom stereocenters. The van der Waals surface area contributed by atoms with Gasteiger partial charge >= 0.3 is 0 Å². The van der Waals surface area contributed by atoms with Crippen LogP contribution in [0.4, 0.5) is 0 Å². The molecule has 2 N–H and O–H groups in total. The molecule has 0 saturated heterocycles. The molecule has 3 heteroatoms. The molecule has 3 nitrogen and oxygen atoms in total. The maximum Gasteiger partial charge on any atom is 0.224 e. The van der Waals surface area contributed by atoms with Gasteiger partial charge in [0, 0.05) is 0 Å². The van der Waals surface area contributed by atoms with E-state index >= 15 is 0 Å². The Labute approximate surface area is 109 Å². The van der Waals surface area contributed by atoms with Crippen LogP contribution in [0.25, 0.3) is 0 Å². The van der Waals surface area contributed by atoms with Gasteiger partial charge in [0.2, 0.25) is 5.91 Å². The standard InChI is InChI=1S/C15H23NO2/c1-10(2)14(9-17)16-15(18)8-13-6-5-11(3)12(4)7-13/h5-7,10,14,17H,8-9H2,1-4H3,(H,16,18)/t14-/m1/s1. The SMILES string of the molecule is Cc1ccc(CC(=O)N[C@H](CO)C(C)C)cc1C. The zero-order valence-electron chi connectivity index (χ0n) is 11.7. The molecule has 1 aromatic carbocycles. The van der Waals surface area contributed by atoms with Gasteiger partial charge in [-0.2, -0.15) is 0 Å². The van der Waals surface area contributed by atoms with Crippen molar-refractivity contribution in [1.29, 1.82) is 0 Å². The summed E-state index contributed by atoms with van der Waals surface area (Å²) in [4.78, 5) is 11.9. The van der Waals surface area contributed by atoms with E-state index in [0.717, 1.165) is 5.56 Å². The van der Waals surface area contributed by atoms with Gasteiger partial charge in [-0.15, -0.1) is 0 Å². The van der Waals surface area contributed by atoms with E-state index in [1.165, 1.54) is 11.1 Å². The molecule has 0 aliphatic heterocycles. The van der Waals surface area contributed by atoms with E-state index in [9.17, 15) is 9.90 Å². The molecule has 18 heavy (non-hydrogen) atoms. The Balaban J connectivity index is 2.61. The summed E-state index contributed by atoms with van der Waals surface area (Å²) in [7, 11) is 0. The first-order valence-corrected chi connectivity index (χ1v) is 6.40. The van der Waals surface area contributed by atoms with E-state index in [2.05, 4.69) is 12.2 Å². The lowest BCUT2D eigenvalue weighted by Gasteiger charge is -2.20. The molecule has 0 spiro atoms. The number of amides is 1. The Morgan fingerprint density at radius 1 is 1.28 bits per heavy atom. The fourth-order valence-corrected chi connectivity index (χ4v) is 1.78. The van der Waals surface area contributed by atoms with Crippen molar-refractivity contribution in [3.8, 4) is 0 Å². The number of hydrogen-bond donors (Lipinski definition) is 2. The number of hydrogen-bond acceptors (Lipinski definition) is 2. The predicted octanol–water partition coefficient (Wildman–Crippen LogP) is 1.98. The molecule has 0 saturated carbocycles. The van der Waals surface area contributed by atoms with Crippen molar-refractivity contribution in [3.05, 3.63) is 34.9 Å². The molecule has 100 valence electrons. The minimum Gasteiger partial charge on any atom is -0.394 e. The molecule has 1 rings (SSSR count). The van der Waals surface area contributed by atoms with Gasteiger partial charge in [-0.3, -0.25) is 4.79 Å². The Hall–Kier alpha value is -1.35. The van der Waals surface area contributed by atoms with Gasteiger partial charge < -0.3 is 10.4 Å². The summed E-state index contributed by atoms with van der Waals surface area (Å²) in [5.74, 6) is 0.199. The van der Waals surface area contributed by atoms with E-state index in [0.29, 0.717) is 6.42 Å². The smallest absolute Gasteiger partial charge is 0.224 e. The van der Waals surface area contributed by atoms with Crippen LogP contribution < -0.4 is 5.32 Å². The molecule has 0 aliphatic rings. The van der Waals surface area contributed by atoms with Gasteiger partial charge in [0.25, 0.3) is 0 Å². The van der Waals surface area contributed by atoms with Crippen molar-refractivity contribution in [2.45, 2.75) is 40.2 Å².